The smallest absolute Gasteiger partial charge is 0.351 e. The van der Waals surface area contributed by atoms with Crippen molar-refractivity contribution in [3.05, 3.63) is 46.3 Å². The summed E-state index contributed by atoms with van der Waals surface area (Å²) in [6.07, 6.45) is 3.17. The Bertz CT molecular complexity index is 872. The summed E-state index contributed by atoms with van der Waals surface area (Å²) in [5.41, 5.74) is -0.591. The molecule has 1 amide bonds. The van der Waals surface area contributed by atoms with Gasteiger partial charge in [-0.1, -0.05) is 44.9 Å². The summed E-state index contributed by atoms with van der Waals surface area (Å²) >= 11 is 0. The summed E-state index contributed by atoms with van der Waals surface area (Å²) < 4.78 is 10.1. The van der Waals surface area contributed by atoms with E-state index in [1.807, 2.05) is 0 Å². The number of hydrogen-bond donors (Lipinski definition) is 1. The first kappa shape index (κ1) is 18.2. The second-order valence-electron chi connectivity index (χ2n) is 7.00. The van der Waals surface area contributed by atoms with E-state index in [-0.39, 0.29) is 17.5 Å². The summed E-state index contributed by atoms with van der Waals surface area (Å²) in [6.45, 7) is 3.89. The Morgan fingerprint density at radius 1 is 1.23 bits per heavy atom. The summed E-state index contributed by atoms with van der Waals surface area (Å²) in [5, 5.41) is 3.55. The molecule has 0 spiro atoms. The molecule has 138 valence electrons. The Morgan fingerprint density at radius 3 is 2.81 bits per heavy atom. The number of para-hydroxylation sites is 1. The van der Waals surface area contributed by atoms with E-state index in [1.54, 1.807) is 24.3 Å². The van der Waals surface area contributed by atoms with Gasteiger partial charge >= 0.3 is 11.6 Å². The zero-order valence-electron chi connectivity index (χ0n) is 15.0. The van der Waals surface area contributed by atoms with E-state index in [2.05, 4.69) is 19.2 Å². The fourth-order valence-electron chi connectivity index (χ4n) is 3.45. The van der Waals surface area contributed by atoms with Crippen LogP contribution in [0.15, 0.2) is 39.5 Å². The zero-order chi connectivity index (χ0) is 18.7. The predicted molar refractivity (Wildman–Crippen MR) is 96.9 cm³/mol. The van der Waals surface area contributed by atoms with Crippen molar-refractivity contribution in [3.63, 3.8) is 0 Å². The first-order valence-electron chi connectivity index (χ1n) is 8.95. The van der Waals surface area contributed by atoms with E-state index in [0.29, 0.717) is 22.8 Å². The molecule has 3 rings (SSSR count). The lowest BCUT2D eigenvalue weighted by Gasteiger charge is -2.34. The molecule has 0 saturated heterocycles. The highest BCUT2D eigenvalue weighted by Crippen LogP contribution is 2.29. The maximum absolute atomic E-state index is 12.2. The lowest BCUT2D eigenvalue weighted by Crippen LogP contribution is -2.45. The van der Waals surface area contributed by atoms with Crippen molar-refractivity contribution in [1.82, 2.24) is 5.32 Å². The third-order valence-corrected chi connectivity index (χ3v) is 5.25. The number of rotatable bonds is 4. The fraction of sp³-hybridized carbons (Fsp3) is 0.450. The maximum atomic E-state index is 12.2. The normalized spacial score (nSPS) is 22.8. The molecule has 0 aliphatic heterocycles. The topological polar surface area (TPSA) is 85.6 Å². The number of fused-ring (bicyclic) bond motifs is 1. The molecule has 6 nitrogen and oxygen atoms in total. The highest BCUT2D eigenvalue weighted by atomic mass is 16.5. The van der Waals surface area contributed by atoms with Crippen LogP contribution in [0.25, 0.3) is 11.0 Å². The van der Waals surface area contributed by atoms with E-state index >= 15 is 0 Å². The van der Waals surface area contributed by atoms with E-state index in [1.165, 1.54) is 12.5 Å². The largest absolute Gasteiger partial charge is 0.452 e. The van der Waals surface area contributed by atoms with Crippen molar-refractivity contribution in [3.8, 4) is 0 Å². The number of esters is 1. The Kier molecular flexibility index (Phi) is 5.40. The number of nitrogens with one attached hydrogen (secondary N) is 1. The Balaban J connectivity index is 1.61. The van der Waals surface area contributed by atoms with Gasteiger partial charge in [0.15, 0.2) is 6.61 Å². The van der Waals surface area contributed by atoms with Gasteiger partial charge in [0.2, 0.25) is 0 Å². The fourth-order valence-corrected chi connectivity index (χ4v) is 3.45. The van der Waals surface area contributed by atoms with Gasteiger partial charge in [-0.2, -0.15) is 0 Å². The van der Waals surface area contributed by atoms with Crippen LogP contribution in [0, 0.1) is 11.8 Å². The molecule has 6 heteroatoms. The maximum Gasteiger partial charge on any atom is 0.351 e. The molecule has 2 aromatic rings. The average molecular weight is 357 g/mol. The predicted octanol–water partition coefficient (Wildman–Crippen LogP) is 2.89. The van der Waals surface area contributed by atoms with Crippen molar-refractivity contribution >= 4 is 22.8 Å². The lowest BCUT2D eigenvalue weighted by atomic mass is 9.78. The van der Waals surface area contributed by atoms with Crippen LogP contribution < -0.4 is 10.9 Å². The number of benzene rings is 1. The van der Waals surface area contributed by atoms with Gasteiger partial charge in [-0.05, 0) is 30.4 Å². The molecule has 0 radical (unpaired) electrons. The molecule has 1 aromatic heterocycles. The monoisotopic (exact) mass is 357 g/mol. The van der Waals surface area contributed by atoms with Crippen molar-refractivity contribution in [1.29, 1.82) is 0 Å². The van der Waals surface area contributed by atoms with Crippen LogP contribution in [-0.2, 0) is 9.53 Å². The van der Waals surface area contributed by atoms with Crippen LogP contribution in [0.3, 0.4) is 0 Å². The Morgan fingerprint density at radius 2 is 2.00 bits per heavy atom. The van der Waals surface area contributed by atoms with Crippen molar-refractivity contribution in [2.75, 3.05) is 6.61 Å². The zero-order valence-corrected chi connectivity index (χ0v) is 15.0. The molecule has 1 saturated carbocycles. The van der Waals surface area contributed by atoms with Gasteiger partial charge in [0.05, 0.1) is 0 Å². The standard InChI is InChI=1S/C20H23NO5/c1-12-6-5-8-16(13(12)2)21-18(22)11-25-19(23)15-10-14-7-3-4-9-17(14)26-20(15)24/h3-4,7,9-10,12-13,16H,5-6,8,11H2,1-2H3,(H,21,22)/t12-,13+,16+/m1/s1. The van der Waals surface area contributed by atoms with Gasteiger partial charge in [0.1, 0.15) is 11.1 Å². The minimum absolute atomic E-state index is 0.0932. The Labute approximate surface area is 151 Å². The molecular formula is C20H23NO5. The minimum atomic E-state index is -0.857. The minimum Gasteiger partial charge on any atom is -0.452 e. The van der Waals surface area contributed by atoms with Gasteiger partial charge in [0.25, 0.3) is 5.91 Å². The van der Waals surface area contributed by atoms with E-state index in [0.717, 1.165) is 12.8 Å². The van der Waals surface area contributed by atoms with Gasteiger partial charge in [-0.3, -0.25) is 4.79 Å². The highest BCUT2D eigenvalue weighted by Gasteiger charge is 2.28. The summed E-state index contributed by atoms with van der Waals surface area (Å²) in [7, 11) is 0. The number of carbonyl (C=O) groups is 2. The third kappa shape index (κ3) is 3.95. The first-order chi connectivity index (χ1) is 12.5. The molecule has 1 aliphatic carbocycles. The molecule has 0 unspecified atom stereocenters. The second-order valence-corrected chi connectivity index (χ2v) is 7.00. The molecule has 1 fully saturated rings. The third-order valence-electron chi connectivity index (χ3n) is 5.25. The van der Waals surface area contributed by atoms with Gasteiger partial charge < -0.3 is 14.5 Å². The molecule has 1 aliphatic rings. The summed E-state index contributed by atoms with van der Waals surface area (Å²) in [5.74, 6) is -0.269. The van der Waals surface area contributed by atoms with Gasteiger partial charge in [-0.15, -0.1) is 0 Å². The van der Waals surface area contributed by atoms with Gasteiger partial charge in [-0.25, -0.2) is 9.59 Å². The molecule has 1 aromatic carbocycles. The Hall–Kier alpha value is -2.63. The van der Waals surface area contributed by atoms with Crippen LogP contribution in [0.2, 0.25) is 0 Å². The second kappa shape index (κ2) is 7.72. The molecule has 3 atom stereocenters. The van der Waals surface area contributed by atoms with E-state index < -0.39 is 18.2 Å². The average Bonchev–Trinajstić information content (AvgIpc) is 2.63. The number of amides is 1. The molecule has 1 N–H and O–H groups in total. The summed E-state index contributed by atoms with van der Waals surface area (Å²) in [6, 6.07) is 8.40. The van der Waals surface area contributed by atoms with Crippen LogP contribution in [0.1, 0.15) is 43.5 Å². The molecule has 26 heavy (non-hydrogen) atoms. The van der Waals surface area contributed by atoms with Crippen molar-refractivity contribution < 1.29 is 18.7 Å². The quantitative estimate of drug-likeness (QED) is 0.672. The van der Waals surface area contributed by atoms with Crippen molar-refractivity contribution in [2.24, 2.45) is 11.8 Å². The van der Waals surface area contributed by atoms with Crippen LogP contribution in [0.5, 0.6) is 0 Å². The highest BCUT2D eigenvalue weighted by molar-refractivity contribution is 5.94. The molecular weight excluding hydrogens is 334 g/mol. The summed E-state index contributed by atoms with van der Waals surface area (Å²) in [4.78, 5) is 36.2. The van der Waals surface area contributed by atoms with E-state index in [9.17, 15) is 14.4 Å². The number of hydrogen-bond acceptors (Lipinski definition) is 5. The number of ether oxygens (including phenoxy) is 1. The first-order valence-corrected chi connectivity index (χ1v) is 8.95. The molecule has 1 heterocycles. The van der Waals surface area contributed by atoms with E-state index in [4.69, 9.17) is 9.15 Å². The molecule has 0 bridgehead atoms. The number of carbonyl (C=O) groups excluding carboxylic acids is 2. The van der Waals surface area contributed by atoms with Crippen LogP contribution >= 0.6 is 0 Å². The lowest BCUT2D eigenvalue weighted by molar-refractivity contribution is -0.125. The van der Waals surface area contributed by atoms with Gasteiger partial charge in [0, 0.05) is 11.4 Å². The SMILES string of the molecule is C[C@H]1[C@H](C)CCC[C@@H]1NC(=O)COC(=O)c1cc2ccccc2oc1=O. The van der Waals surface area contributed by atoms with Crippen LogP contribution in [-0.4, -0.2) is 24.5 Å². The van der Waals surface area contributed by atoms with Crippen molar-refractivity contribution in [2.45, 2.75) is 39.2 Å². The van der Waals surface area contributed by atoms with Crippen LogP contribution in [0.4, 0.5) is 0 Å².